The molecule has 2 nitrogen and oxygen atoms in total. The van der Waals surface area contributed by atoms with E-state index in [1.165, 1.54) is 0 Å². The van der Waals surface area contributed by atoms with Crippen molar-refractivity contribution in [3.8, 4) is 0 Å². The Morgan fingerprint density at radius 3 is 2.40 bits per heavy atom. The van der Waals surface area contributed by atoms with Gasteiger partial charge in [0.15, 0.2) is 0 Å². The summed E-state index contributed by atoms with van der Waals surface area (Å²) >= 11 is 5.62. The van der Waals surface area contributed by atoms with Crippen LogP contribution in [0.2, 0.25) is 0 Å². The number of hydrogen-bond donors (Lipinski definition) is 1. The van der Waals surface area contributed by atoms with Gasteiger partial charge in [-0.05, 0) is 12.8 Å². The lowest BCUT2D eigenvalue weighted by Crippen LogP contribution is -2.01. The Bertz CT molecular complexity index is 138. The summed E-state index contributed by atoms with van der Waals surface area (Å²) in [6.07, 6.45) is 1.63. The average molecular weight is 185 g/mol. The lowest BCUT2D eigenvalue weighted by molar-refractivity contribution is 0.471. The molecule has 62 valence electrons. The molecule has 0 aromatic heterocycles. The Morgan fingerprint density at radius 2 is 2.10 bits per heavy atom. The highest BCUT2D eigenvalue weighted by atomic mass is 35.5. The Labute approximate surface area is 67.0 Å². The molecule has 0 aromatic rings. The summed E-state index contributed by atoms with van der Waals surface area (Å²) in [5.74, 6) is 0. The molecule has 0 fully saturated rings. The summed E-state index contributed by atoms with van der Waals surface area (Å²) in [5, 5.41) is -0.549. The molecule has 1 N–H and O–H groups in total. The number of rotatable bonds is 4. The van der Waals surface area contributed by atoms with Crippen molar-refractivity contribution in [1.29, 1.82) is 0 Å². The minimum absolute atomic E-state index is 0.342. The molecule has 10 heavy (non-hydrogen) atoms. The molecule has 0 aromatic carbocycles. The van der Waals surface area contributed by atoms with Crippen LogP contribution in [0, 0.1) is 0 Å². The summed E-state index contributed by atoms with van der Waals surface area (Å²) in [6, 6.07) is 0. The van der Waals surface area contributed by atoms with Gasteiger partial charge in [-0.3, -0.25) is 4.57 Å². The van der Waals surface area contributed by atoms with Gasteiger partial charge in [0, 0.05) is 6.16 Å². The molecule has 0 saturated carbocycles. The number of halogens is 1. The van der Waals surface area contributed by atoms with Crippen LogP contribution in [0.5, 0.6) is 0 Å². The van der Waals surface area contributed by atoms with E-state index >= 15 is 0 Å². The van der Waals surface area contributed by atoms with Gasteiger partial charge >= 0.3 is 0 Å². The van der Waals surface area contributed by atoms with Gasteiger partial charge in [-0.2, -0.15) is 0 Å². The maximum Gasteiger partial charge on any atom is 0.217 e. The highest BCUT2D eigenvalue weighted by Crippen LogP contribution is 2.49. The lowest BCUT2D eigenvalue weighted by Gasteiger charge is -2.14. The minimum atomic E-state index is -3.02. The molecule has 2 unspecified atom stereocenters. The molecule has 4 heteroatoms. The summed E-state index contributed by atoms with van der Waals surface area (Å²) in [7, 11) is -3.02. The summed E-state index contributed by atoms with van der Waals surface area (Å²) in [5.41, 5.74) is 0. The van der Waals surface area contributed by atoms with Gasteiger partial charge in [-0.15, -0.1) is 11.6 Å². The maximum atomic E-state index is 11.2. The molecule has 0 radical (unpaired) electrons. The van der Waals surface area contributed by atoms with Crippen molar-refractivity contribution in [2.75, 3.05) is 6.16 Å². The highest BCUT2D eigenvalue weighted by molar-refractivity contribution is 7.60. The molecule has 0 aliphatic rings. The van der Waals surface area contributed by atoms with Crippen LogP contribution in [0.4, 0.5) is 0 Å². The first-order valence-corrected chi connectivity index (χ1v) is 5.85. The fourth-order valence-corrected chi connectivity index (χ4v) is 2.53. The van der Waals surface area contributed by atoms with Gasteiger partial charge in [0.1, 0.15) is 5.12 Å². The van der Waals surface area contributed by atoms with E-state index < -0.39 is 12.5 Å². The summed E-state index contributed by atoms with van der Waals surface area (Å²) < 4.78 is 11.2. The van der Waals surface area contributed by atoms with Crippen molar-refractivity contribution >= 4 is 19.0 Å². The first-order valence-electron chi connectivity index (χ1n) is 3.50. The van der Waals surface area contributed by atoms with Gasteiger partial charge in [-0.25, -0.2) is 0 Å². The van der Waals surface area contributed by atoms with Gasteiger partial charge in [0.05, 0.1) is 0 Å². The normalized spacial score (nSPS) is 20.0. The van der Waals surface area contributed by atoms with Crippen molar-refractivity contribution in [3.05, 3.63) is 0 Å². The smallest absolute Gasteiger partial charge is 0.217 e. The van der Waals surface area contributed by atoms with Crippen LogP contribution in [-0.4, -0.2) is 16.2 Å². The third-order valence-corrected chi connectivity index (χ3v) is 4.87. The summed E-state index contributed by atoms with van der Waals surface area (Å²) in [4.78, 5) is 9.21. The van der Waals surface area contributed by atoms with Crippen LogP contribution in [0.15, 0.2) is 0 Å². The number of alkyl halides is 1. The molecule has 0 saturated heterocycles. The van der Waals surface area contributed by atoms with Crippen LogP contribution in [0.1, 0.15) is 26.7 Å². The molecule has 0 spiro atoms. The van der Waals surface area contributed by atoms with Crippen LogP contribution < -0.4 is 0 Å². The first kappa shape index (κ1) is 10.5. The average Bonchev–Trinajstić information content (AvgIpc) is 1.86. The van der Waals surface area contributed by atoms with Crippen molar-refractivity contribution in [2.24, 2.45) is 0 Å². The summed E-state index contributed by atoms with van der Waals surface area (Å²) in [6.45, 7) is 3.69. The largest absolute Gasteiger partial charge is 0.343 e. The fourth-order valence-electron chi connectivity index (χ4n) is 0.746. The third-order valence-electron chi connectivity index (χ3n) is 1.32. The predicted molar refractivity (Wildman–Crippen MR) is 44.9 cm³/mol. The van der Waals surface area contributed by atoms with Crippen molar-refractivity contribution in [3.63, 3.8) is 0 Å². The molecular weight excluding hydrogens is 170 g/mol. The zero-order chi connectivity index (χ0) is 8.20. The van der Waals surface area contributed by atoms with E-state index in [2.05, 4.69) is 0 Å². The standard InChI is InChI=1S/C6H14ClO2P/c1-3-5-10(8,9)6(7)4-2/h6H,3-5H2,1-2H3,(H,8,9). The van der Waals surface area contributed by atoms with E-state index in [0.717, 1.165) is 6.42 Å². The van der Waals surface area contributed by atoms with Gasteiger partial charge < -0.3 is 4.89 Å². The second-order valence-electron chi connectivity index (χ2n) is 2.32. The molecule has 0 rings (SSSR count). The van der Waals surface area contributed by atoms with E-state index in [9.17, 15) is 9.46 Å². The Hall–Kier alpha value is 0.480. The fraction of sp³-hybridized carbons (Fsp3) is 1.00. The second-order valence-corrected chi connectivity index (χ2v) is 5.73. The van der Waals surface area contributed by atoms with Crippen LogP contribution in [0.3, 0.4) is 0 Å². The Kier molecular flexibility index (Phi) is 4.59. The van der Waals surface area contributed by atoms with Gasteiger partial charge in [-0.1, -0.05) is 13.8 Å². The topological polar surface area (TPSA) is 37.3 Å². The molecule has 2 atom stereocenters. The van der Waals surface area contributed by atoms with E-state index in [-0.39, 0.29) is 0 Å². The third kappa shape index (κ3) is 3.05. The molecule has 0 heterocycles. The quantitative estimate of drug-likeness (QED) is 0.539. The zero-order valence-corrected chi connectivity index (χ0v) is 8.03. The zero-order valence-electron chi connectivity index (χ0n) is 6.38. The number of hydrogen-bond acceptors (Lipinski definition) is 1. The van der Waals surface area contributed by atoms with Crippen LogP contribution >= 0.6 is 19.0 Å². The minimum Gasteiger partial charge on any atom is -0.343 e. The SMILES string of the molecule is CCCP(=O)(O)C(Cl)CC. The van der Waals surface area contributed by atoms with E-state index in [4.69, 9.17) is 11.6 Å². The predicted octanol–water partition coefficient (Wildman–Crippen LogP) is 2.64. The van der Waals surface area contributed by atoms with E-state index in [0.29, 0.717) is 12.6 Å². The second kappa shape index (κ2) is 4.38. The Balaban J connectivity index is 3.97. The van der Waals surface area contributed by atoms with Gasteiger partial charge in [0.25, 0.3) is 0 Å². The van der Waals surface area contributed by atoms with Crippen molar-refractivity contribution < 1.29 is 9.46 Å². The van der Waals surface area contributed by atoms with Gasteiger partial charge in [0.2, 0.25) is 7.37 Å². The van der Waals surface area contributed by atoms with E-state index in [1.54, 1.807) is 0 Å². The highest BCUT2D eigenvalue weighted by Gasteiger charge is 2.25. The maximum absolute atomic E-state index is 11.2. The molecule has 0 aliphatic heterocycles. The first-order chi connectivity index (χ1) is 4.54. The molecule has 0 amide bonds. The monoisotopic (exact) mass is 184 g/mol. The van der Waals surface area contributed by atoms with Crippen LogP contribution in [-0.2, 0) is 4.57 Å². The van der Waals surface area contributed by atoms with Crippen molar-refractivity contribution in [1.82, 2.24) is 0 Å². The van der Waals surface area contributed by atoms with Crippen LogP contribution in [0.25, 0.3) is 0 Å². The van der Waals surface area contributed by atoms with Crippen molar-refractivity contribution in [2.45, 2.75) is 31.8 Å². The molecule has 0 aliphatic carbocycles. The Morgan fingerprint density at radius 1 is 1.60 bits per heavy atom. The van der Waals surface area contributed by atoms with E-state index in [1.807, 2.05) is 13.8 Å². The molecular formula is C6H14ClO2P. The lowest BCUT2D eigenvalue weighted by atomic mass is 10.6. The molecule has 0 bridgehead atoms.